The molecule has 2 N–H and O–H groups in total. The number of hydrogen-bond acceptors (Lipinski definition) is 3. The topological polar surface area (TPSA) is 71.2 Å². The summed E-state index contributed by atoms with van der Waals surface area (Å²) in [6.07, 6.45) is -0.756. The fourth-order valence-electron chi connectivity index (χ4n) is 3.52. The maximum atomic E-state index is 13.2. The largest absolute Gasteiger partial charge is 0.482 e. The van der Waals surface area contributed by atoms with Gasteiger partial charge in [0, 0.05) is 27.8 Å². The number of hydrogen-bond donors (Lipinski definition) is 2. The summed E-state index contributed by atoms with van der Waals surface area (Å²) in [5.41, 5.74) is 3.39. The number of benzene rings is 3. The smallest absolute Gasteiger partial charge is 0.259 e. The van der Waals surface area contributed by atoms with Crippen LogP contribution in [0.15, 0.2) is 78.9 Å². The van der Waals surface area contributed by atoms with Gasteiger partial charge in [0.1, 0.15) is 5.75 Å². The van der Waals surface area contributed by atoms with Crippen molar-refractivity contribution in [2.24, 2.45) is 0 Å². The minimum absolute atomic E-state index is 0.136. The number of carbonyl (C=O) groups is 2. The van der Waals surface area contributed by atoms with Crippen LogP contribution >= 0.6 is 0 Å². The Bertz CT molecular complexity index is 1210. The van der Waals surface area contributed by atoms with Gasteiger partial charge in [0.05, 0.1) is 5.56 Å². The number of para-hydroxylation sites is 3. The van der Waals surface area contributed by atoms with Crippen molar-refractivity contribution in [2.75, 3.05) is 5.32 Å². The Morgan fingerprint density at radius 1 is 0.900 bits per heavy atom. The van der Waals surface area contributed by atoms with Crippen molar-refractivity contribution in [3.8, 4) is 5.75 Å². The van der Waals surface area contributed by atoms with Gasteiger partial charge in [0.25, 0.3) is 5.91 Å². The van der Waals surface area contributed by atoms with Gasteiger partial charge in [-0.25, -0.2) is 0 Å². The van der Waals surface area contributed by atoms with Gasteiger partial charge < -0.3 is 15.0 Å². The van der Waals surface area contributed by atoms with Gasteiger partial charge in [-0.15, -0.1) is 0 Å². The third kappa shape index (κ3) is 3.82. The second-order valence-electron chi connectivity index (χ2n) is 7.11. The van der Waals surface area contributed by atoms with Crippen LogP contribution in [0, 0.1) is 6.92 Å². The van der Waals surface area contributed by atoms with Gasteiger partial charge >= 0.3 is 0 Å². The summed E-state index contributed by atoms with van der Waals surface area (Å²) >= 11 is 0. The van der Waals surface area contributed by atoms with Gasteiger partial charge in [-0.2, -0.15) is 0 Å². The third-order valence-electron chi connectivity index (χ3n) is 4.98. The minimum Gasteiger partial charge on any atom is -0.482 e. The second kappa shape index (κ2) is 8.25. The van der Waals surface area contributed by atoms with E-state index >= 15 is 0 Å². The number of ether oxygens (including phenoxy) is 1. The molecule has 0 unspecified atom stereocenters. The molecule has 1 aromatic heterocycles. The van der Waals surface area contributed by atoms with Gasteiger partial charge in [-0.1, -0.05) is 48.5 Å². The number of H-pyrrole nitrogens is 1. The predicted octanol–water partition coefficient (Wildman–Crippen LogP) is 5.38. The van der Waals surface area contributed by atoms with Gasteiger partial charge in [0.15, 0.2) is 6.10 Å². The van der Waals surface area contributed by atoms with Crippen molar-refractivity contribution in [2.45, 2.75) is 20.0 Å². The number of carbonyl (C=O) groups excluding carboxylic acids is 2. The average Bonchev–Trinajstić information content (AvgIpc) is 3.09. The molecule has 0 aliphatic carbocycles. The summed E-state index contributed by atoms with van der Waals surface area (Å²) in [5.74, 6) is -0.0628. The van der Waals surface area contributed by atoms with Crippen LogP contribution < -0.4 is 10.1 Å². The van der Waals surface area contributed by atoms with Crippen LogP contribution in [-0.2, 0) is 0 Å². The van der Waals surface area contributed by atoms with Gasteiger partial charge in [-0.3, -0.25) is 9.59 Å². The maximum Gasteiger partial charge on any atom is 0.259 e. The molecule has 0 fully saturated rings. The lowest BCUT2D eigenvalue weighted by Crippen LogP contribution is -2.25. The van der Waals surface area contributed by atoms with E-state index in [0.717, 1.165) is 16.6 Å². The summed E-state index contributed by atoms with van der Waals surface area (Å²) in [5, 5.41) is 3.72. The fraction of sp³-hybridized carbons (Fsp3) is 0.120. The summed E-state index contributed by atoms with van der Waals surface area (Å²) in [6.45, 7) is 3.58. The van der Waals surface area contributed by atoms with E-state index in [-0.39, 0.29) is 11.7 Å². The number of Topliss-reactive ketones (excluding diaryl/α,β-unsaturated/α-hetero) is 1. The number of rotatable bonds is 6. The molecule has 3 aromatic carbocycles. The molecule has 5 nitrogen and oxygen atoms in total. The van der Waals surface area contributed by atoms with Gasteiger partial charge in [0.2, 0.25) is 5.78 Å². The molecule has 1 atom stereocenters. The van der Waals surface area contributed by atoms with Crippen LogP contribution in [0.5, 0.6) is 5.75 Å². The van der Waals surface area contributed by atoms with E-state index in [1.807, 2.05) is 61.5 Å². The first-order chi connectivity index (χ1) is 14.5. The number of anilines is 1. The first-order valence-corrected chi connectivity index (χ1v) is 9.78. The van der Waals surface area contributed by atoms with Crippen LogP contribution in [0.25, 0.3) is 10.9 Å². The van der Waals surface area contributed by atoms with E-state index < -0.39 is 6.10 Å². The lowest BCUT2D eigenvalue weighted by molar-refractivity contribution is 0.0813. The molecule has 5 heteroatoms. The Labute approximate surface area is 174 Å². The standard InChI is InChI=1S/C25H22N2O3/c1-16-23(19-12-6-8-14-21(19)26-16)24(28)17(2)30-22-15-9-7-13-20(22)25(29)27-18-10-4-3-5-11-18/h3-15,17,26H,1-2H3,(H,27,29)/t17-/m0/s1. The quantitative estimate of drug-likeness (QED) is 0.429. The van der Waals surface area contributed by atoms with Crippen molar-refractivity contribution in [3.63, 3.8) is 0 Å². The third-order valence-corrected chi connectivity index (χ3v) is 4.98. The highest BCUT2D eigenvalue weighted by Crippen LogP contribution is 2.26. The van der Waals surface area contributed by atoms with E-state index in [4.69, 9.17) is 4.74 Å². The Morgan fingerprint density at radius 3 is 2.37 bits per heavy atom. The lowest BCUT2D eigenvalue weighted by atomic mass is 10.0. The summed E-state index contributed by atoms with van der Waals surface area (Å²) < 4.78 is 5.97. The van der Waals surface area contributed by atoms with Crippen molar-refractivity contribution < 1.29 is 14.3 Å². The second-order valence-corrected chi connectivity index (χ2v) is 7.11. The number of aryl methyl sites for hydroxylation is 1. The van der Waals surface area contributed by atoms with E-state index in [2.05, 4.69) is 10.3 Å². The average molecular weight is 398 g/mol. The van der Waals surface area contributed by atoms with Crippen molar-refractivity contribution in [1.82, 2.24) is 4.98 Å². The molecule has 0 bridgehead atoms. The first kappa shape index (κ1) is 19.5. The van der Waals surface area contributed by atoms with E-state index in [9.17, 15) is 9.59 Å². The van der Waals surface area contributed by atoms with Crippen LogP contribution in [0.4, 0.5) is 5.69 Å². The number of nitrogens with one attached hydrogen (secondary N) is 2. The highest BCUT2D eigenvalue weighted by atomic mass is 16.5. The molecule has 4 aromatic rings. The molecule has 1 heterocycles. The summed E-state index contributed by atoms with van der Waals surface area (Å²) in [6, 6.07) is 23.8. The molecule has 0 aliphatic heterocycles. The maximum absolute atomic E-state index is 13.2. The first-order valence-electron chi connectivity index (χ1n) is 9.78. The van der Waals surface area contributed by atoms with Crippen molar-refractivity contribution in [1.29, 1.82) is 0 Å². The fourth-order valence-corrected chi connectivity index (χ4v) is 3.52. The van der Waals surface area contributed by atoms with Gasteiger partial charge in [-0.05, 0) is 44.2 Å². The minimum atomic E-state index is -0.756. The highest BCUT2D eigenvalue weighted by Gasteiger charge is 2.24. The van der Waals surface area contributed by atoms with Crippen LogP contribution in [0.1, 0.15) is 33.3 Å². The van der Waals surface area contributed by atoms with Crippen LogP contribution in [-0.4, -0.2) is 22.8 Å². The molecular formula is C25H22N2O3. The van der Waals surface area contributed by atoms with Crippen LogP contribution in [0.2, 0.25) is 0 Å². The number of aromatic amines is 1. The zero-order valence-electron chi connectivity index (χ0n) is 16.8. The molecule has 0 saturated heterocycles. The SMILES string of the molecule is Cc1[nH]c2ccccc2c1C(=O)[C@H](C)Oc1ccccc1C(=O)Nc1ccccc1. The number of aromatic nitrogens is 1. The summed E-state index contributed by atoms with van der Waals surface area (Å²) in [7, 11) is 0. The Hall–Kier alpha value is -3.86. The van der Waals surface area contributed by atoms with E-state index in [0.29, 0.717) is 22.6 Å². The Kier molecular flexibility index (Phi) is 5.35. The normalized spacial score (nSPS) is 11.8. The van der Waals surface area contributed by atoms with Crippen LogP contribution in [0.3, 0.4) is 0 Å². The zero-order valence-corrected chi connectivity index (χ0v) is 16.8. The zero-order chi connectivity index (χ0) is 21.1. The van der Waals surface area contributed by atoms with Crippen molar-refractivity contribution >= 4 is 28.3 Å². The Balaban J connectivity index is 1.58. The monoisotopic (exact) mass is 398 g/mol. The van der Waals surface area contributed by atoms with E-state index in [1.54, 1.807) is 31.2 Å². The summed E-state index contributed by atoms with van der Waals surface area (Å²) in [4.78, 5) is 29.2. The predicted molar refractivity (Wildman–Crippen MR) is 118 cm³/mol. The molecule has 0 saturated carbocycles. The lowest BCUT2D eigenvalue weighted by Gasteiger charge is -2.17. The molecule has 30 heavy (non-hydrogen) atoms. The molecule has 4 rings (SSSR count). The Morgan fingerprint density at radius 2 is 1.57 bits per heavy atom. The molecule has 0 aliphatic rings. The number of fused-ring (bicyclic) bond motifs is 1. The molecule has 150 valence electrons. The molecule has 1 amide bonds. The molecule has 0 radical (unpaired) electrons. The molecular weight excluding hydrogens is 376 g/mol. The molecule has 0 spiro atoms. The highest BCUT2D eigenvalue weighted by molar-refractivity contribution is 6.11. The number of ketones is 1. The van der Waals surface area contributed by atoms with Crippen molar-refractivity contribution in [3.05, 3.63) is 95.7 Å². The number of amides is 1. The van der Waals surface area contributed by atoms with E-state index in [1.165, 1.54) is 0 Å².